The van der Waals surface area contributed by atoms with Crippen molar-refractivity contribution < 1.29 is 14.6 Å². The van der Waals surface area contributed by atoms with Crippen LogP contribution >= 0.6 is 0 Å². The molecule has 1 aliphatic heterocycles. The highest BCUT2D eigenvalue weighted by molar-refractivity contribution is 4.81. The maximum Gasteiger partial charge on any atom is 0.0610 e. The summed E-state index contributed by atoms with van der Waals surface area (Å²) in [6.07, 6.45) is 5.45. The van der Waals surface area contributed by atoms with Gasteiger partial charge in [0.25, 0.3) is 0 Å². The molecule has 1 atom stereocenters. The monoisotopic (exact) mass is 273 g/mol. The predicted octanol–water partition coefficient (Wildman–Crippen LogP) is 1.96. The van der Waals surface area contributed by atoms with Crippen molar-refractivity contribution in [3.8, 4) is 0 Å². The summed E-state index contributed by atoms with van der Waals surface area (Å²) in [5.41, 5.74) is -0.130. The van der Waals surface area contributed by atoms with Gasteiger partial charge in [0.15, 0.2) is 0 Å². The van der Waals surface area contributed by atoms with Crippen LogP contribution < -0.4 is 5.32 Å². The Labute approximate surface area is 117 Å². The van der Waals surface area contributed by atoms with Gasteiger partial charge in [0, 0.05) is 32.0 Å². The van der Waals surface area contributed by atoms with Crippen LogP contribution in [0.4, 0.5) is 0 Å². The smallest absolute Gasteiger partial charge is 0.0610 e. The minimum Gasteiger partial charge on any atom is -0.394 e. The molecule has 0 radical (unpaired) electrons. The lowest BCUT2D eigenvalue weighted by atomic mass is 9.96. The van der Waals surface area contributed by atoms with Gasteiger partial charge in [-0.05, 0) is 51.5 Å². The summed E-state index contributed by atoms with van der Waals surface area (Å²) in [6.45, 7) is 8.77. The van der Waals surface area contributed by atoms with E-state index in [2.05, 4.69) is 19.2 Å². The zero-order valence-corrected chi connectivity index (χ0v) is 12.6. The van der Waals surface area contributed by atoms with Gasteiger partial charge in [0.05, 0.1) is 6.61 Å². The van der Waals surface area contributed by atoms with E-state index in [1.807, 2.05) is 0 Å². The zero-order valence-electron chi connectivity index (χ0n) is 12.6. The fourth-order valence-electron chi connectivity index (χ4n) is 2.53. The molecule has 4 heteroatoms. The molecule has 0 amide bonds. The van der Waals surface area contributed by atoms with Crippen LogP contribution in [0.15, 0.2) is 0 Å². The second-order valence-corrected chi connectivity index (χ2v) is 5.84. The summed E-state index contributed by atoms with van der Waals surface area (Å²) in [4.78, 5) is 0. The van der Waals surface area contributed by atoms with Gasteiger partial charge in [-0.1, -0.05) is 6.92 Å². The van der Waals surface area contributed by atoms with E-state index in [1.165, 1.54) is 0 Å². The lowest BCUT2D eigenvalue weighted by Crippen LogP contribution is -2.45. The SMILES string of the molecule is CCNC(C)(CO)CCCCOCC1CCOCC1. The van der Waals surface area contributed by atoms with Gasteiger partial charge in [-0.15, -0.1) is 0 Å². The maximum absolute atomic E-state index is 9.38. The van der Waals surface area contributed by atoms with E-state index in [1.54, 1.807) is 0 Å². The van der Waals surface area contributed by atoms with E-state index in [-0.39, 0.29) is 12.1 Å². The first kappa shape index (κ1) is 16.9. The summed E-state index contributed by atoms with van der Waals surface area (Å²) in [5, 5.41) is 12.7. The van der Waals surface area contributed by atoms with Crippen molar-refractivity contribution >= 4 is 0 Å². The van der Waals surface area contributed by atoms with E-state index >= 15 is 0 Å². The molecule has 0 aromatic carbocycles. The van der Waals surface area contributed by atoms with Gasteiger partial charge in [-0.2, -0.15) is 0 Å². The number of ether oxygens (including phenoxy) is 2. The highest BCUT2D eigenvalue weighted by Gasteiger charge is 2.20. The molecule has 1 rings (SSSR count). The first-order chi connectivity index (χ1) is 9.20. The first-order valence-corrected chi connectivity index (χ1v) is 7.71. The van der Waals surface area contributed by atoms with Gasteiger partial charge in [0.2, 0.25) is 0 Å². The van der Waals surface area contributed by atoms with Crippen molar-refractivity contribution in [3.63, 3.8) is 0 Å². The Bertz CT molecular complexity index is 219. The van der Waals surface area contributed by atoms with Crippen LogP contribution in [0.3, 0.4) is 0 Å². The molecule has 0 bridgehead atoms. The quantitative estimate of drug-likeness (QED) is 0.597. The molecule has 0 aromatic heterocycles. The summed E-state index contributed by atoms with van der Waals surface area (Å²) in [6, 6.07) is 0. The molecule has 1 heterocycles. The van der Waals surface area contributed by atoms with Crippen molar-refractivity contribution in [1.82, 2.24) is 5.32 Å². The fourth-order valence-corrected chi connectivity index (χ4v) is 2.53. The van der Waals surface area contributed by atoms with Gasteiger partial charge >= 0.3 is 0 Å². The fraction of sp³-hybridized carbons (Fsp3) is 1.00. The van der Waals surface area contributed by atoms with Gasteiger partial charge in [-0.3, -0.25) is 0 Å². The minimum atomic E-state index is -0.130. The van der Waals surface area contributed by atoms with Gasteiger partial charge in [-0.25, -0.2) is 0 Å². The minimum absolute atomic E-state index is 0.130. The Kier molecular flexibility index (Phi) is 8.62. The largest absolute Gasteiger partial charge is 0.394 e. The molecular formula is C15H31NO3. The number of hydrogen-bond acceptors (Lipinski definition) is 4. The number of hydrogen-bond donors (Lipinski definition) is 2. The normalized spacial score (nSPS) is 20.4. The van der Waals surface area contributed by atoms with E-state index in [0.717, 1.165) is 65.1 Å². The summed E-state index contributed by atoms with van der Waals surface area (Å²) >= 11 is 0. The summed E-state index contributed by atoms with van der Waals surface area (Å²) < 4.78 is 11.1. The average molecular weight is 273 g/mol. The lowest BCUT2D eigenvalue weighted by molar-refractivity contribution is 0.0193. The first-order valence-electron chi connectivity index (χ1n) is 7.71. The zero-order chi connectivity index (χ0) is 14.0. The molecule has 0 aromatic rings. The molecule has 114 valence electrons. The van der Waals surface area contributed by atoms with Crippen LogP contribution in [0.25, 0.3) is 0 Å². The van der Waals surface area contributed by atoms with Gasteiger partial charge in [0.1, 0.15) is 0 Å². The van der Waals surface area contributed by atoms with E-state index in [0.29, 0.717) is 5.92 Å². The molecule has 1 saturated heterocycles. The third-order valence-electron chi connectivity index (χ3n) is 3.91. The molecule has 0 aliphatic carbocycles. The molecule has 0 saturated carbocycles. The molecule has 0 spiro atoms. The molecular weight excluding hydrogens is 242 g/mol. The average Bonchev–Trinajstić information content (AvgIpc) is 2.44. The number of aliphatic hydroxyl groups is 1. The Morgan fingerprint density at radius 1 is 1.32 bits per heavy atom. The van der Waals surface area contributed by atoms with Crippen molar-refractivity contribution in [3.05, 3.63) is 0 Å². The van der Waals surface area contributed by atoms with Crippen molar-refractivity contribution in [2.24, 2.45) is 5.92 Å². The van der Waals surface area contributed by atoms with Crippen LogP contribution in [-0.2, 0) is 9.47 Å². The molecule has 4 nitrogen and oxygen atoms in total. The number of likely N-dealkylation sites (N-methyl/N-ethyl adjacent to an activating group) is 1. The van der Waals surface area contributed by atoms with Crippen LogP contribution in [0.5, 0.6) is 0 Å². The molecule has 1 unspecified atom stereocenters. The Balaban J connectivity index is 1.98. The lowest BCUT2D eigenvalue weighted by Gasteiger charge is -2.28. The topological polar surface area (TPSA) is 50.7 Å². The van der Waals surface area contributed by atoms with Crippen molar-refractivity contribution in [2.75, 3.05) is 39.6 Å². The number of unbranched alkanes of at least 4 members (excludes halogenated alkanes) is 1. The highest BCUT2D eigenvalue weighted by Crippen LogP contribution is 2.16. The van der Waals surface area contributed by atoms with E-state index in [9.17, 15) is 5.11 Å². The molecule has 19 heavy (non-hydrogen) atoms. The highest BCUT2D eigenvalue weighted by atomic mass is 16.5. The number of aliphatic hydroxyl groups excluding tert-OH is 1. The maximum atomic E-state index is 9.38. The third-order valence-corrected chi connectivity index (χ3v) is 3.91. The number of rotatable bonds is 10. The second-order valence-electron chi connectivity index (χ2n) is 5.84. The Morgan fingerprint density at radius 3 is 2.68 bits per heavy atom. The third kappa shape index (κ3) is 7.25. The Hall–Kier alpha value is -0.160. The van der Waals surface area contributed by atoms with Gasteiger partial charge < -0.3 is 19.9 Å². The standard InChI is InChI=1S/C15H31NO3/c1-3-16-15(2,13-17)8-4-5-9-19-12-14-6-10-18-11-7-14/h14,16-17H,3-13H2,1-2H3. The number of nitrogens with one attached hydrogen (secondary N) is 1. The van der Waals surface area contributed by atoms with E-state index < -0.39 is 0 Å². The van der Waals surface area contributed by atoms with Crippen LogP contribution in [0.2, 0.25) is 0 Å². The Morgan fingerprint density at radius 2 is 2.05 bits per heavy atom. The summed E-state index contributed by atoms with van der Waals surface area (Å²) in [7, 11) is 0. The summed E-state index contributed by atoms with van der Waals surface area (Å²) in [5.74, 6) is 0.693. The second kappa shape index (κ2) is 9.70. The molecule has 1 fully saturated rings. The molecule has 2 N–H and O–H groups in total. The van der Waals surface area contributed by atoms with Crippen molar-refractivity contribution in [2.45, 2.75) is 51.5 Å². The van der Waals surface area contributed by atoms with E-state index in [4.69, 9.17) is 9.47 Å². The van der Waals surface area contributed by atoms with Crippen LogP contribution in [0.1, 0.15) is 46.0 Å². The van der Waals surface area contributed by atoms with Crippen molar-refractivity contribution in [1.29, 1.82) is 0 Å². The van der Waals surface area contributed by atoms with Crippen LogP contribution in [0, 0.1) is 5.92 Å². The van der Waals surface area contributed by atoms with Crippen LogP contribution in [-0.4, -0.2) is 50.2 Å². The molecule has 1 aliphatic rings. The predicted molar refractivity (Wildman–Crippen MR) is 77.4 cm³/mol.